The molecular formula is C15H21BrN2O. The molecule has 2 rings (SSSR count). The fourth-order valence-electron chi connectivity index (χ4n) is 2.37. The second-order valence-electron chi connectivity index (χ2n) is 5.22. The Hall–Kier alpha value is -0.710. The predicted molar refractivity (Wildman–Crippen MR) is 81.6 cm³/mol. The topological polar surface area (TPSA) is 23.6 Å². The summed E-state index contributed by atoms with van der Waals surface area (Å²) in [6.45, 7) is 4.96. The van der Waals surface area contributed by atoms with E-state index in [1.54, 1.807) is 0 Å². The number of Topliss-reactive ketones (excluding diaryl/α,β-unsaturated/α-hetero) is 1. The molecule has 0 radical (unpaired) electrons. The Bertz CT molecular complexity index is 413. The number of benzene rings is 1. The van der Waals surface area contributed by atoms with Crippen molar-refractivity contribution in [2.45, 2.75) is 12.8 Å². The molecule has 1 aliphatic heterocycles. The van der Waals surface area contributed by atoms with Crippen molar-refractivity contribution < 1.29 is 4.79 Å². The van der Waals surface area contributed by atoms with Crippen LogP contribution in [0, 0.1) is 0 Å². The Morgan fingerprint density at radius 3 is 2.53 bits per heavy atom. The maximum Gasteiger partial charge on any atom is 0.176 e. The molecular weight excluding hydrogens is 304 g/mol. The Morgan fingerprint density at radius 1 is 1.26 bits per heavy atom. The number of hydrogen-bond acceptors (Lipinski definition) is 3. The molecule has 1 aliphatic rings. The molecule has 0 aliphatic carbocycles. The Morgan fingerprint density at radius 2 is 1.89 bits per heavy atom. The van der Waals surface area contributed by atoms with Gasteiger partial charge in [-0.1, -0.05) is 28.1 Å². The van der Waals surface area contributed by atoms with Crippen molar-refractivity contribution in [2.24, 2.45) is 0 Å². The van der Waals surface area contributed by atoms with Crippen LogP contribution in [-0.4, -0.2) is 55.4 Å². The number of rotatable bonds is 6. The van der Waals surface area contributed by atoms with Crippen LogP contribution in [0.5, 0.6) is 0 Å². The van der Waals surface area contributed by atoms with E-state index in [-0.39, 0.29) is 5.78 Å². The van der Waals surface area contributed by atoms with Crippen LogP contribution >= 0.6 is 15.9 Å². The minimum absolute atomic E-state index is 0.191. The Labute approximate surface area is 123 Å². The van der Waals surface area contributed by atoms with Gasteiger partial charge in [-0.05, 0) is 45.1 Å². The van der Waals surface area contributed by atoms with Crippen LogP contribution in [0.4, 0.5) is 0 Å². The largest absolute Gasteiger partial charge is 0.302 e. The first-order chi connectivity index (χ1) is 9.15. The summed E-state index contributed by atoms with van der Waals surface area (Å²) >= 11 is 3.38. The van der Waals surface area contributed by atoms with Crippen molar-refractivity contribution >= 4 is 21.7 Å². The molecule has 0 bridgehead atoms. The highest BCUT2D eigenvalue weighted by Gasteiger charge is 2.13. The molecule has 19 heavy (non-hydrogen) atoms. The predicted octanol–water partition coefficient (Wildman–Crippen LogP) is 2.66. The van der Waals surface area contributed by atoms with Crippen molar-refractivity contribution in [1.29, 1.82) is 0 Å². The fraction of sp³-hybridized carbons (Fsp3) is 0.533. The number of ketones is 1. The summed E-state index contributed by atoms with van der Waals surface area (Å²) in [6.07, 6.45) is 2.64. The first-order valence-corrected chi connectivity index (χ1v) is 7.64. The maximum absolute atomic E-state index is 12.1. The lowest BCUT2D eigenvalue weighted by Gasteiger charge is -2.20. The third-order valence-electron chi connectivity index (χ3n) is 3.58. The normalized spacial score (nSPS) is 16.2. The van der Waals surface area contributed by atoms with Gasteiger partial charge in [-0.3, -0.25) is 9.69 Å². The van der Waals surface area contributed by atoms with E-state index in [1.165, 1.54) is 25.9 Å². The van der Waals surface area contributed by atoms with E-state index in [2.05, 4.69) is 25.7 Å². The zero-order valence-electron chi connectivity index (χ0n) is 11.4. The van der Waals surface area contributed by atoms with Gasteiger partial charge in [0.05, 0.1) is 6.54 Å². The number of hydrogen-bond donors (Lipinski definition) is 0. The molecule has 1 saturated heterocycles. The number of nitrogens with zero attached hydrogens (tertiary/aromatic N) is 2. The number of carbonyl (C=O) groups is 1. The summed E-state index contributed by atoms with van der Waals surface area (Å²) in [5.74, 6) is 0.191. The molecule has 0 unspecified atom stereocenters. The van der Waals surface area contributed by atoms with Crippen LogP contribution in [0.25, 0.3) is 0 Å². The molecule has 4 heteroatoms. The first kappa shape index (κ1) is 14.7. The SMILES string of the molecule is CN(CCN1CCCC1)CC(=O)c1ccc(Br)cc1. The van der Waals surface area contributed by atoms with Crippen LogP contribution in [0.15, 0.2) is 28.7 Å². The highest BCUT2D eigenvalue weighted by Crippen LogP contribution is 2.11. The van der Waals surface area contributed by atoms with Crippen molar-refractivity contribution in [3.05, 3.63) is 34.3 Å². The van der Waals surface area contributed by atoms with Gasteiger partial charge >= 0.3 is 0 Å². The summed E-state index contributed by atoms with van der Waals surface area (Å²) in [6, 6.07) is 7.58. The van der Waals surface area contributed by atoms with Crippen LogP contribution in [0.1, 0.15) is 23.2 Å². The summed E-state index contributed by atoms with van der Waals surface area (Å²) in [7, 11) is 2.02. The van der Waals surface area contributed by atoms with E-state index in [0.29, 0.717) is 6.54 Å². The van der Waals surface area contributed by atoms with Gasteiger partial charge in [0.1, 0.15) is 0 Å². The number of halogens is 1. The molecule has 0 N–H and O–H groups in total. The minimum atomic E-state index is 0.191. The minimum Gasteiger partial charge on any atom is -0.302 e. The standard InChI is InChI=1S/C15H21BrN2O/c1-17(10-11-18-8-2-3-9-18)12-15(19)13-4-6-14(16)7-5-13/h4-7H,2-3,8-12H2,1H3. The van der Waals surface area contributed by atoms with Gasteiger partial charge in [0.2, 0.25) is 0 Å². The molecule has 3 nitrogen and oxygen atoms in total. The summed E-state index contributed by atoms with van der Waals surface area (Å²) < 4.78 is 1.01. The molecule has 0 aromatic heterocycles. The monoisotopic (exact) mass is 324 g/mol. The van der Waals surface area contributed by atoms with E-state index in [1.807, 2.05) is 31.3 Å². The third-order valence-corrected chi connectivity index (χ3v) is 4.11. The zero-order valence-corrected chi connectivity index (χ0v) is 13.0. The third kappa shape index (κ3) is 4.71. The second kappa shape index (κ2) is 7.17. The van der Waals surface area contributed by atoms with Gasteiger partial charge < -0.3 is 4.90 Å². The number of carbonyl (C=O) groups excluding carboxylic acids is 1. The van der Waals surface area contributed by atoms with Gasteiger partial charge in [0, 0.05) is 23.1 Å². The van der Waals surface area contributed by atoms with Gasteiger partial charge in [-0.2, -0.15) is 0 Å². The Kier molecular flexibility index (Phi) is 5.55. The molecule has 0 saturated carbocycles. The molecule has 1 aromatic rings. The summed E-state index contributed by atoms with van der Waals surface area (Å²) in [5, 5.41) is 0. The van der Waals surface area contributed by atoms with E-state index in [9.17, 15) is 4.79 Å². The summed E-state index contributed by atoms with van der Waals surface area (Å²) in [5.41, 5.74) is 0.788. The van der Waals surface area contributed by atoms with Gasteiger partial charge in [0.15, 0.2) is 5.78 Å². The lowest BCUT2D eigenvalue weighted by molar-refractivity contribution is 0.0941. The highest BCUT2D eigenvalue weighted by molar-refractivity contribution is 9.10. The van der Waals surface area contributed by atoms with Crippen LogP contribution in [-0.2, 0) is 0 Å². The van der Waals surface area contributed by atoms with Crippen molar-refractivity contribution in [3.63, 3.8) is 0 Å². The van der Waals surface area contributed by atoms with Crippen LogP contribution < -0.4 is 0 Å². The first-order valence-electron chi connectivity index (χ1n) is 6.85. The number of likely N-dealkylation sites (N-methyl/N-ethyl adjacent to an activating group) is 1. The Balaban J connectivity index is 1.76. The average molecular weight is 325 g/mol. The average Bonchev–Trinajstić information content (AvgIpc) is 2.90. The van der Waals surface area contributed by atoms with E-state index >= 15 is 0 Å². The molecule has 1 heterocycles. The number of likely N-dealkylation sites (tertiary alicyclic amines) is 1. The van der Waals surface area contributed by atoms with E-state index < -0.39 is 0 Å². The molecule has 0 atom stereocenters. The van der Waals surface area contributed by atoms with Crippen molar-refractivity contribution in [1.82, 2.24) is 9.80 Å². The van der Waals surface area contributed by atoms with E-state index in [4.69, 9.17) is 0 Å². The van der Waals surface area contributed by atoms with E-state index in [0.717, 1.165) is 23.1 Å². The van der Waals surface area contributed by atoms with Crippen LogP contribution in [0.3, 0.4) is 0 Å². The lowest BCUT2D eigenvalue weighted by atomic mass is 10.1. The molecule has 0 amide bonds. The summed E-state index contributed by atoms with van der Waals surface area (Å²) in [4.78, 5) is 16.7. The molecule has 1 fully saturated rings. The van der Waals surface area contributed by atoms with Gasteiger partial charge in [0.25, 0.3) is 0 Å². The van der Waals surface area contributed by atoms with Crippen molar-refractivity contribution in [3.8, 4) is 0 Å². The molecule has 104 valence electrons. The lowest BCUT2D eigenvalue weighted by Crippen LogP contribution is -2.34. The quantitative estimate of drug-likeness (QED) is 0.752. The van der Waals surface area contributed by atoms with Crippen molar-refractivity contribution in [2.75, 3.05) is 39.8 Å². The van der Waals surface area contributed by atoms with Gasteiger partial charge in [-0.15, -0.1) is 0 Å². The molecule has 1 aromatic carbocycles. The second-order valence-corrected chi connectivity index (χ2v) is 6.13. The van der Waals surface area contributed by atoms with Crippen LogP contribution in [0.2, 0.25) is 0 Å². The zero-order chi connectivity index (χ0) is 13.7. The maximum atomic E-state index is 12.1. The highest BCUT2D eigenvalue weighted by atomic mass is 79.9. The molecule has 0 spiro atoms. The van der Waals surface area contributed by atoms with Gasteiger partial charge in [-0.25, -0.2) is 0 Å². The smallest absolute Gasteiger partial charge is 0.176 e. The fourth-order valence-corrected chi connectivity index (χ4v) is 2.63.